The number of hydrogen-bond acceptors (Lipinski definition) is 5. The first-order valence-electron chi connectivity index (χ1n) is 6.17. The topological polar surface area (TPSA) is 41.0 Å². The van der Waals surface area contributed by atoms with Crippen molar-refractivity contribution in [1.29, 1.82) is 0 Å². The highest BCUT2D eigenvalue weighted by atomic mass is 32.2. The molecule has 1 unspecified atom stereocenters. The predicted molar refractivity (Wildman–Crippen MR) is 72.6 cm³/mol. The van der Waals surface area contributed by atoms with Crippen LogP contribution in [0.5, 0.6) is 0 Å². The van der Waals surface area contributed by atoms with Crippen LogP contribution >= 0.6 is 11.8 Å². The number of likely N-dealkylation sites (tertiary alicyclic amines) is 1. The van der Waals surface area contributed by atoms with Gasteiger partial charge in [-0.3, -0.25) is 4.90 Å². The lowest BCUT2D eigenvalue weighted by molar-refractivity contribution is 0.277. The van der Waals surface area contributed by atoms with Gasteiger partial charge in [0, 0.05) is 18.7 Å². The van der Waals surface area contributed by atoms with Crippen LogP contribution in [0.25, 0.3) is 0 Å². The fraction of sp³-hybridized carbons (Fsp3) is 0.667. The second-order valence-corrected chi connectivity index (χ2v) is 5.08. The summed E-state index contributed by atoms with van der Waals surface area (Å²) in [6.07, 6.45) is 6.27. The minimum absolute atomic E-state index is 0.660. The van der Waals surface area contributed by atoms with Crippen molar-refractivity contribution in [3.8, 4) is 0 Å². The third-order valence-corrected chi connectivity index (χ3v) is 3.92. The van der Waals surface area contributed by atoms with E-state index < -0.39 is 0 Å². The highest BCUT2D eigenvalue weighted by molar-refractivity contribution is 7.98. The Morgan fingerprint density at radius 3 is 3.18 bits per heavy atom. The summed E-state index contributed by atoms with van der Waals surface area (Å²) in [7, 11) is 0. The van der Waals surface area contributed by atoms with Crippen LogP contribution in [0.1, 0.15) is 19.8 Å². The summed E-state index contributed by atoms with van der Waals surface area (Å²) in [5.74, 6) is 0.937. The van der Waals surface area contributed by atoms with Gasteiger partial charge in [0.2, 0.25) is 0 Å². The van der Waals surface area contributed by atoms with E-state index in [1.165, 1.54) is 19.4 Å². The summed E-state index contributed by atoms with van der Waals surface area (Å²) in [6, 6.07) is 2.67. The van der Waals surface area contributed by atoms with Gasteiger partial charge in [0.15, 0.2) is 0 Å². The average molecular weight is 252 g/mol. The van der Waals surface area contributed by atoms with Crippen molar-refractivity contribution in [2.75, 3.05) is 31.2 Å². The van der Waals surface area contributed by atoms with Crippen molar-refractivity contribution in [1.82, 2.24) is 14.9 Å². The Morgan fingerprint density at radius 1 is 1.53 bits per heavy atom. The third-order valence-electron chi connectivity index (χ3n) is 3.28. The zero-order valence-electron chi connectivity index (χ0n) is 10.5. The Balaban J connectivity index is 1.88. The SMILES string of the molecule is CCN1CCCC1CNc1cc(SC)ncn1. The maximum absolute atomic E-state index is 4.25. The van der Waals surface area contributed by atoms with E-state index in [1.807, 2.05) is 12.3 Å². The quantitative estimate of drug-likeness (QED) is 0.642. The molecule has 17 heavy (non-hydrogen) atoms. The number of nitrogens with zero attached hydrogens (tertiary/aromatic N) is 3. The van der Waals surface area contributed by atoms with E-state index in [4.69, 9.17) is 0 Å². The van der Waals surface area contributed by atoms with E-state index >= 15 is 0 Å². The first-order chi connectivity index (χ1) is 8.33. The molecule has 0 aliphatic carbocycles. The molecule has 0 spiro atoms. The molecule has 0 aromatic carbocycles. The predicted octanol–water partition coefficient (Wildman–Crippen LogP) is 2.09. The Kier molecular flexibility index (Phi) is 4.62. The van der Waals surface area contributed by atoms with Gasteiger partial charge in [-0.15, -0.1) is 11.8 Å². The van der Waals surface area contributed by atoms with Gasteiger partial charge in [0.05, 0.1) is 0 Å². The van der Waals surface area contributed by atoms with Crippen molar-refractivity contribution in [2.45, 2.75) is 30.8 Å². The molecule has 1 aromatic heterocycles. The van der Waals surface area contributed by atoms with E-state index in [1.54, 1.807) is 18.1 Å². The van der Waals surface area contributed by atoms with Crippen LogP contribution in [0.4, 0.5) is 5.82 Å². The molecule has 0 radical (unpaired) electrons. The van der Waals surface area contributed by atoms with Gasteiger partial charge in [-0.1, -0.05) is 6.92 Å². The first kappa shape index (κ1) is 12.6. The van der Waals surface area contributed by atoms with Crippen molar-refractivity contribution in [2.24, 2.45) is 0 Å². The van der Waals surface area contributed by atoms with Crippen LogP contribution < -0.4 is 5.32 Å². The molecule has 1 saturated heterocycles. The second-order valence-electron chi connectivity index (χ2n) is 4.25. The second kappa shape index (κ2) is 6.21. The summed E-state index contributed by atoms with van der Waals surface area (Å²) in [4.78, 5) is 10.9. The van der Waals surface area contributed by atoms with Gasteiger partial charge in [-0.25, -0.2) is 9.97 Å². The molecule has 94 valence electrons. The van der Waals surface area contributed by atoms with Gasteiger partial charge in [-0.2, -0.15) is 0 Å². The fourth-order valence-electron chi connectivity index (χ4n) is 2.31. The molecule has 0 amide bonds. The van der Waals surface area contributed by atoms with Crippen LogP contribution in [0.3, 0.4) is 0 Å². The molecule has 1 fully saturated rings. The van der Waals surface area contributed by atoms with E-state index in [9.17, 15) is 0 Å². The van der Waals surface area contributed by atoms with Crippen molar-refractivity contribution in [3.05, 3.63) is 12.4 Å². The third kappa shape index (κ3) is 3.33. The summed E-state index contributed by atoms with van der Waals surface area (Å²) in [6.45, 7) is 5.60. The summed E-state index contributed by atoms with van der Waals surface area (Å²) >= 11 is 1.64. The number of rotatable bonds is 5. The lowest BCUT2D eigenvalue weighted by Crippen LogP contribution is -2.34. The van der Waals surface area contributed by atoms with Gasteiger partial charge >= 0.3 is 0 Å². The van der Waals surface area contributed by atoms with Gasteiger partial charge < -0.3 is 5.32 Å². The van der Waals surface area contributed by atoms with Crippen LogP contribution in [0, 0.1) is 0 Å². The maximum atomic E-state index is 4.25. The van der Waals surface area contributed by atoms with Crippen LogP contribution in [-0.4, -0.2) is 46.8 Å². The van der Waals surface area contributed by atoms with Gasteiger partial charge in [-0.05, 0) is 32.2 Å². The normalized spacial score (nSPS) is 20.7. The minimum atomic E-state index is 0.660. The highest BCUT2D eigenvalue weighted by Crippen LogP contribution is 2.18. The lowest BCUT2D eigenvalue weighted by Gasteiger charge is -2.23. The molecule has 5 heteroatoms. The van der Waals surface area contributed by atoms with E-state index in [-0.39, 0.29) is 0 Å². The molecule has 1 atom stereocenters. The van der Waals surface area contributed by atoms with Crippen molar-refractivity contribution in [3.63, 3.8) is 0 Å². The van der Waals surface area contributed by atoms with Crippen molar-refractivity contribution < 1.29 is 0 Å². The standard InChI is InChI=1S/C12H20N4S/c1-3-16-6-4-5-10(16)8-13-11-7-12(17-2)15-9-14-11/h7,9-10H,3-6,8H2,1-2H3,(H,13,14,15). The smallest absolute Gasteiger partial charge is 0.130 e. The molecule has 1 aliphatic rings. The highest BCUT2D eigenvalue weighted by Gasteiger charge is 2.22. The Morgan fingerprint density at radius 2 is 2.41 bits per heavy atom. The van der Waals surface area contributed by atoms with E-state index in [0.29, 0.717) is 6.04 Å². The summed E-state index contributed by atoms with van der Waals surface area (Å²) in [5, 5.41) is 4.43. The first-order valence-corrected chi connectivity index (χ1v) is 7.40. The van der Waals surface area contributed by atoms with Crippen molar-refractivity contribution >= 4 is 17.6 Å². The average Bonchev–Trinajstić information content (AvgIpc) is 2.84. The molecule has 1 aliphatic heterocycles. The fourth-order valence-corrected chi connectivity index (χ4v) is 2.69. The number of anilines is 1. The Hall–Kier alpha value is -0.810. The van der Waals surface area contributed by atoms with Gasteiger partial charge in [0.1, 0.15) is 17.2 Å². The molecule has 4 nitrogen and oxygen atoms in total. The molecular weight excluding hydrogens is 232 g/mol. The zero-order chi connectivity index (χ0) is 12.1. The molecule has 0 bridgehead atoms. The maximum Gasteiger partial charge on any atom is 0.130 e. The van der Waals surface area contributed by atoms with Crippen LogP contribution in [0.15, 0.2) is 17.4 Å². The van der Waals surface area contributed by atoms with Crippen LogP contribution in [0.2, 0.25) is 0 Å². The van der Waals surface area contributed by atoms with Crippen LogP contribution in [-0.2, 0) is 0 Å². The Labute approximate surface area is 107 Å². The zero-order valence-corrected chi connectivity index (χ0v) is 11.3. The number of likely N-dealkylation sites (N-methyl/N-ethyl adjacent to an activating group) is 1. The molecule has 2 heterocycles. The molecule has 2 rings (SSSR count). The lowest BCUT2D eigenvalue weighted by atomic mass is 10.2. The number of hydrogen-bond donors (Lipinski definition) is 1. The monoisotopic (exact) mass is 252 g/mol. The van der Waals surface area contributed by atoms with E-state index in [0.717, 1.165) is 23.9 Å². The number of thioether (sulfide) groups is 1. The number of aromatic nitrogens is 2. The van der Waals surface area contributed by atoms with E-state index in [2.05, 4.69) is 27.1 Å². The summed E-state index contributed by atoms with van der Waals surface area (Å²) < 4.78 is 0. The molecule has 1 N–H and O–H groups in total. The summed E-state index contributed by atoms with van der Waals surface area (Å²) in [5.41, 5.74) is 0. The minimum Gasteiger partial charge on any atom is -0.368 e. The Bertz CT molecular complexity index is 358. The molecule has 0 saturated carbocycles. The van der Waals surface area contributed by atoms with Gasteiger partial charge in [0.25, 0.3) is 0 Å². The number of nitrogens with one attached hydrogen (secondary N) is 1. The molecular formula is C12H20N4S. The largest absolute Gasteiger partial charge is 0.368 e. The molecule has 1 aromatic rings.